The Hall–Kier alpha value is -2.28. The standard InChI is InChI=1S/C16H19NO3/c1-16(2,3)17(12-11-15(19)20)14(18)10-9-13-7-5-4-6-8-13/h4-8H,11-12H2,1-3H3,(H,19,20). The third kappa shape index (κ3) is 5.15. The average Bonchev–Trinajstić information content (AvgIpc) is 2.35. The Morgan fingerprint density at radius 3 is 2.30 bits per heavy atom. The molecule has 20 heavy (non-hydrogen) atoms. The summed E-state index contributed by atoms with van der Waals surface area (Å²) in [6, 6.07) is 9.21. The molecule has 0 aromatic heterocycles. The van der Waals surface area contributed by atoms with Crippen molar-refractivity contribution in [1.29, 1.82) is 0 Å². The summed E-state index contributed by atoms with van der Waals surface area (Å²) >= 11 is 0. The van der Waals surface area contributed by atoms with Crippen molar-refractivity contribution in [3.63, 3.8) is 0 Å². The second-order valence-electron chi connectivity index (χ2n) is 5.39. The molecule has 1 aromatic carbocycles. The van der Waals surface area contributed by atoms with Crippen molar-refractivity contribution in [2.24, 2.45) is 0 Å². The monoisotopic (exact) mass is 273 g/mol. The van der Waals surface area contributed by atoms with E-state index in [2.05, 4.69) is 11.8 Å². The van der Waals surface area contributed by atoms with Crippen molar-refractivity contribution < 1.29 is 14.7 Å². The number of rotatable bonds is 3. The first-order valence-electron chi connectivity index (χ1n) is 6.41. The molecule has 0 spiro atoms. The molecule has 1 N–H and O–H groups in total. The molecule has 0 atom stereocenters. The van der Waals surface area contributed by atoms with Crippen molar-refractivity contribution in [2.45, 2.75) is 32.7 Å². The predicted molar refractivity (Wildman–Crippen MR) is 77.0 cm³/mol. The summed E-state index contributed by atoms with van der Waals surface area (Å²) in [7, 11) is 0. The largest absolute Gasteiger partial charge is 0.481 e. The summed E-state index contributed by atoms with van der Waals surface area (Å²) < 4.78 is 0. The lowest BCUT2D eigenvalue weighted by atomic mass is 10.1. The normalized spacial score (nSPS) is 10.3. The summed E-state index contributed by atoms with van der Waals surface area (Å²) in [4.78, 5) is 24.3. The van der Waals surface area contributed by atoms with Gasteiger partial charge in [0.2, 0.25) is 0 Å². The Labute approximate surface area is 119 Å². The van der Waals surface area contributed by atoms with Crippen LogP contribution in [-0.4, -0.2) is 34.0 Å². The van der Waals surface area contributed by atoms with E-state index in [1.54, 1.807) is 0 Å². The number of carboxylic acids is 1. The van der Waals surface area contributed by atoms with Gasteiger partial charge in [-0.3, -0.25) is 9.59 Å². The lowest BCUT2D eigenvalue weighted by Gasteiger charge is -2.33. The van der Waals surface area contributed by atoms with Crippen molar-refractivity contribution in [2.75, 3.05) is 6.54 Å². The fraction of sp³-hybridized carbons (Fsp3) is 0.375. The molecule has 0 heterocycles. The van der Waals surface area contributed by atoms with E-state index in [0.717, 1.165) is 5.56 Å². The van der Waals surface area contributed by atoms with Crippen LogP contribution >= 0.6 is 0 Å². The summed E-state index contributed by atoms with van der Waals surface area (Å²) in [5.74, 6) is 4.08. The smallest absolute Gasteiger partial charge is 0.305 e. The third-order valence-corrected chi connectivity index (χ3v) is 2.69. The molecule has 0 saturated carbocycles. The molecule has 4 nitrogen and oxygen atoms in total. The Kier molecular flexibility index (Phi) is 5.33. The van der Waals surface area contributed by atoms with E-state index in [-0.39, 0.29) is 18.9 Å². The van der Waals surface area contributed by atoms with Crippen molar-refractivity contribution in [1.82, 2.24) is 4.90 Å². The highest BCUT2D eigenvalue weighted by Gasteiger charge is 2.25. The van der Waals surface area contributed by atoms with Gasteiger partial charge < -0.3 is 10.0 Å². The molecule has 0 saturated heterocycles. The number of nitrogens with zero attached hydrogens (tertiary/aromatic N) is 1. The number of carbonyl (C=O) groups is 2. The van der Waals surface area contributed by atoms with Gasteiger partial charge in [0.25, 0.3) is 5.91 Å². The minimum Gasteiger partial charge on any atom is -0.481 e. The first kappa shape index (κ1) is 15.8. The molecule has 4 heteroatoms. The van der Waals surface area contributed by atoms with Gasteiger partial charge in [-0.2, -0.15) is 0 Å². The lowest BCUT2D eigenvalue weighted by Crippen LogP contribution is -2.46. The number of amides is 1. The minimum atomic E-state index is -0.928. The van der Waals surface area contributed by atoms with Gasteiger partial charge in [-0.05, 0) is 32.9 Å². The van der Waals surface area contributed by atoms with Crippen LogP contribution in [0, 0.1) is 11.8 Å². The maximum atomic E-state index is 12.1. The highest BCUT2D eigenvalue weighted by molar-refractivity contribution is 5.94. The van der Waals surface area contributed by atoms with Gasteiger partial charge in [0, 0.05) is 23.6 Å². The van der Waals surface area contributed by atoms with Gasteiger partial charge in [0.05, 0.1) is 6.42 Å². The first-order chi connectivity index (χ1) is 9.30. The van der Waals surface area contributed by atoms with Crippen LogP contribution in [-0.2, 0) is 9.59 Å². The van der Waals surface area contributed by atoms with E-state index in [0.29, 0.717) is 0 Å². The van der Waals surface area contributed by atoms with E-state index in [9.17, 15) is 9.59 Å². The van der Waals surface area contributed by atoms with E-state index >= 15 is 0 Å². The van der Waals surface area contributed by atoms with Gasteiger partial charge >= 0.3 is 5.97 Å². The molecular formula is C16H19NO3. The molecule has 0 aliphatic carbocycles. The van der Waals surface area contributed by atoms with Gasteiger partial charge in [-0.15, -0.1) is 0 Å². The zero-order valence-electron chi connectivity index (χ0n) is 12.0. The Balaban J connectivity index is 2.84. The summed E-state index contributed by atoms with van der Waals surface area (Å²) in [6.07, 6.45) is -0.0873. The third-order valence-electron chi connectivity index (χ3n) is 2.69. The minimum absolute atomic E-state index is 0.0873. The average molecular weight is 273 g/mol. The number of carboxylic acid groups (broad SMARTS) is 1. The Morgan fingerprint density at radius 2 is 1.80 bits per heavy atom. The highest BCUT2D eigenvalue weighted by atomic mass is 16.4. The van der Waals surface area contributed by atoms with Crippen molar-refractivity contribution in [3.8, 4) is 11.8 Å². The van der Waals surface area contributed by atoms with E-state index < -0.39 is 11.5 Å². The number of hydrogen-bond donors (Lipinski definition) is 1. The second-order valence-corrected chi connectivity index (χ2v) is 5.39. The number of hydrogen-bond acceptors (Lipinski definition) is 2. The van der Waals surface area contributed by atoms with Crippen LogP contribution in [0.3, 0.4) is 0 Å². The number of carbonyl (C=O) groups excluding carboxylic acids is 1. The zero-order valence-corrected chi connectivity index (χ0v) is 12.0. The van der Waals surface area contributed by atoms with Crippen LogP contribution < -0.4 is 0 Å². The Morgan fingerprint density at radius 1 is 1.20 bits per heavy atom. The van der Waals surface area contributed by atoms with Crippen LogP contribution in [0.2, 0.25) is 0 Å². The summed E-state index contributed by atoms with van der Waals surface area (Å²) in [5.41, 5.74) is 0.297. The van der Waals surface area contributed by atoms with Crippen molar-refractivity contribution >= 4 is 11.9 Å². The van der Waals surface area contributed by atoms with E-state index in [1.165, 1.54) is 4.90 Å². The van der Waals surface area contributed by atoms with Gasteiger partial charge in [-0.25, -0.2) is 0 Å². The molecule has 0 unspecified atom stereocenters. The highest BCUT2D eigenvalue weighted by Crippen LogP contribution is 2.13. The second kappa shape index (κ2) is 6.76. The quantitative estimate of drug-likeness (QED) is 0.858. The molecule has 106 valence electrons. The fourth-order valence-corrected chi connectivity index (χ4v) is 1.66. The molecule has 0 radical (unpaired) electrons. The maximum absolute atomic E-state index is 12.1. The fourth-order valence-electron chi connectivity index (χ4n) is 1.66. The Bertz CT molecular complexity index is 532. The predicted octanol–water partition coefficient (Wildman–Crippen LogP) is 2.14. The van der Waals surface area contributed by atoms with Crippen LogP contribution in [0.5, 0.6) is 0 Å². The molecule has 1 aromatic rings. The zero-order chi connectivity index (χ0) is 15.2. The van der Waals surface area contributed by atoms with Gasteiger partial charge in [0.15, 0.2) is 0 Å². The van der Waals surface area contributed by atoms with Crippen molar-refractivity contribution in [3.05, 3.63) is 35.9 Å². The van der Waals surface area contributed by atoms with Crippen LogP contribution in [0.4, 0.5) is 0 Å². The van der Waals surface area contributed by atoms with Gasteiger partial charge in [-0.1, -0.05) is 24.1 Å². The SMILES string of the molecule is CC(C)(C)N(CCC(=O)O)C(=O)C#Cc1ccccc1. The summed E-state index contributed by atoms with van der Waals surface area (Å²) in [5, 5.41) is 8.74. The molecule has 1 rings (SSSR count). The first-order valence-corrected chi connectivity index (χ1v) is 6.41. The molecule has 0 aliphatic heterocycles. The molecule has 0 bridgehead atoms. The van der Waals surface area contributed by atoms with Gasteiger partial charge in [0.1, 0.15) is 0 Å². The summed E-state index contributed by atoms with van der Waals surface area (Å²) in [6.45, 7) is 5.73. The molecular weight excluding hydrogens is 254 g/mol. The lowest BCUT2D eigenvalue weighted by molar-refractivity contribution is -0.138. The number of aliphatic carboxylic acids is 1. The molecule has 0 fully saturated rings. The van der Waals surface area contributed by atoms with Crippen LogP contribution in [0.1, 0.15) is 32.8 Å². The topological polar surface area (TPSA) is 57.6 Å². The molecule has 0 aliphatic rings. The van der Waals surface area contributed by atoms with E-state index in [4.69, 9.17) is 5.11 Å². The van der Waals surface area contributed by atoms with Crippen LogP contribution in [0.15, 0.2) is 30.3 Å². The van der Waals surface area contributed by atoms with Crippen LogP contribution in [0.25, 0.3) is 0 Å². The molecule has 1 amide bonds. The maximum Gasteiger partial charge on any atom is 0.305 e. The van der Waals surface area contributed by atoms with E-state index in [1.807, 2.05) is 51.1 Å². The number of benzene rings is 1.